The number of likely N-dealkylation sites (N-methyl/N-ethyl adjacent to an activating group) is 1. The molecule has 0 amide bonds. The fourth-order valence-electron chi connectivity index (χ4n) is 2.69. The first-order chi connectivity index (χ1) is 8.86. The molecule has 1 aliphatic carbocycles. The average Bonchev–Trinajstić information content (AvgIpc) is 2.93. The SMILES string of the molecule is CN(CCNCCc1ccncc1)C1CCCC1. The van der Waals surface area contributed by atoms with E-state index in [1.54, 1.807) is 0 Å². The Morgan fingerprint density at radius 3 is 2.67 bits per heavy atom. The standard InChI is InChI=1S/C15H25N3/c1-18(15-4-2-3-5-15)13-12-17-11-8-14-6-9-16-10-7-14/h6-7,9-10,15,17H,2-5,8,11-13H2,1H3. The van der Waals surface area contributed by atoms with Crippen LogP contribution >= 0.6 is 0 Å². The van der Waals surface area contributed by atoms with Crippen LogP contribution in [0.5, 0.6) is 0 Å². The van der Waals surface area contributed by atoms with Gasteiger partial charge >= 0.3 is 0 Å². The molecule has 3 heteroatoms. The normalized spacial score (nSPS) is 16.6. The number of nitrogens with one attached hydrogen (secondary N) is 1. The van der Waals surface area contributed by atoms with Gasteiger partial charge in [-0.05, 0) is 50.6 Å². The van der Waals surface area contributed by atoms with Crippen LogP contribution in [0.2, 0.25) is 0 Å². The molecule has 0 unspecified atom stereocenters. The van der Waals surface area contributed by atoms with Gasteiger partial charge in [0.2, 0.25) is 0 Å². The van der Waals surface area contributed by atoms with Gasteiger partial charge in [-0.15, -0.1) is 0 Å². The maximum absolute atomic E-state index is 4.03. The van der Waals surface area contributed by atoms with Crippen LogP contribution in [0.3, 0.4) is 0 Å². The number of rotatable bonds is 7. The van der Waals surface area contributed by atoms with Crippen molar-refractivity contribution in [3.63, 3.8) is 0 Å². The minimum atomic E-state index is 0.840. The van der Waals surface area contributed by atoms with E-state index in [1.165, 1.54) is 37.8 Å². The van der Waals surface area contributed by atoms with Crippen LogP contribution in [0, 0.1) is 0 Å². The Balaban J connectivity index is 1.53. The molecule has 0 radical (unpaired) electrons. The van der Waals surface area contributed by atoms with Crippen molar-refractivity contribution in [1.29, 1.82) is 0 Å². The molecule has 3 nitrogen and oxygen atoms in total. The van der Waals surface area contributed by atoms with E-state index < -0.39 is 0 Å². The molecular weight excluding hydrogens is 222 g/mol. The third-order valence-electron chi connectivity index (χ3n) is 3.93. The zero-order valence-electron chi connectivity index (χ0n) is 11.4. The fourth-order valence-corrected chi connectivity index (χ4v) is 2.69. The molecule has 18 heavy (non-hydrogen) atoms. The van der Waals surface area contributed by atoms with Gasteiger partial charge in [0.15, 0.2) is 0 Å². The Morgan fingerprint density at radius 2 is 1.94 bits per heavy atom. The number of hydrogen-bond acceptors (Lipinski definition) is 3. The van der Waals surface area contributed by atoms with E-state index in [1.807, 2.05) is 12.4 Å². The topological polar surface area (TPSA) is 28.2 Å². The molecule has 0 aromatic carbocycles. The second-order valence-electron chi connectivity index (χ2n) is 5.27. The second-order valence-corrected chi connectivity index (χ2v) is 5.27. The summed E-state index contributed by atoms with van der Waals surface area (Å²) >= 11 is 0. The van der Waals surface area contributed by atoms with E-state index in [2.05, 4.69) is 34.4 Å². The lowest BCUT2D eigenvalue weighted by Crippen LogP contribution is -2.35. The molecule has 0 atom stereocenters. The largest absolute Gasteiger partial charge is 0.315 e. The van der Waals surface area contributed by atoms with Crippen LogP contribution in [0.4, 0.5) is 0 Å². The van der Waals surface area contributed by atoms with Gasteiger partial charge in [-0.3, -0.25) is 4.98 Å². The van der Waals surface area contributed by atoms with Crippen molar-refractivity contribution in [3.8, 4) is 0 Å². The van der Waals surface area contributed by atoms with Crippen LogP contribution in [0.1, 0.15) is 31.2 Å². The summed E-state index contributed by atoms with van der Waals surface area (Å²) in [5, 5.41) is 3.53. The summed E-state index contributed by atoms with van der Waals surface area (Å²) in [6, 6.07) is 5.02. The number of aromatic nitrogens is 1. The van der Waals surface area contributed by atoms with Crippen LogP contribution in [0.15, 0.2) is 24.5 Å². The van der Waals surface area contributed by atoms with Gasteiger partial charge in [0.1, 0.15) is 0 Å². The number of nitrogens with zero attached hydrogens (tertiary/aromatic N) is 2. The summed E-state index contributed by atoms with van der Waals surface area (Å²) in [5.41, 5.74) is 1.36. The molecule has 1 aromatic heterocycles. The van der Waals surface area contributed by atoms with Gasteiger partial charge in [-0.1, -0.05) is 12.8 Å². The van der Waals surface area contributed by atoms with Gasteiger partial charge in [-0.2, -0.15) is 0 Å². The lowest BCUT2D eigenvalue weighted by Gasteiger charge is -2.23. The van der Waals surface area contributed by atoms with Crippen molar-refractivity contribution in [3.05, 3.63) is 30.1 Å². The minimum absolute atomic E-state index is 0.840. The molecule has 1 N–H and O–H groups in total. The summed E-state index contributed by atoms with van der Waals surface area (Å²) in [7, 11) is 2.26. The summed E-state index contributed by atoms with van der Waals surface area (Å²) in [5.74, 6) is 0. The van der Waals surface area contributed by atoms with Crippen LogP contribution in [-0.4, -0.2) is 42.6 Å². The molecule has 1 heterocycles. The summed E-state index contributed by atoms with van der Waals surface area (Å²) in [6.45, 7) is 3.32. The lowest BCUT2D eigenvalue weighted by molar-refractivity contribution is 0.246. The van der Waals surface area contributed by atoms with E-state index in [0.29, 0.717) is 0 Å². The van der Waals surface area contributed by atoms with Crippen molar-refractivity contribution < 1.29 is 0 Å². The quantitative estimate of drug-likeness (QED) is 0.748. The van der Waals surface area contributed by atoms with Gasteiger partial charge in [-0.25, -0.2) is 0 Å². The van der Waals surface area contributed by atoms with Crippen molar-refractivity contribution in [2.75, 3.05) is 26.7 Å². The summed E-state index contributed by atoms with van der Waals surface area (Å²) < 4.78 is 0. The molecule has 0 bridgehead atoms. The number of pyridine rings is 1. The Labute approximate surface area is 111 Å². The van der Waals surface area contributed by atoms with E-state index in [-0.39, 0.29) is 0 Å². The molecule has 1 aromatic rings. The third-order valence-corrected chi connectivity index (χ3v) is 3.93. The Kier molecular flexibility index (Phi) is 5.62. The maximum atomic E-state index is 4.03. The molecule has 2 rings (SSSR count). The van der Waals surface area contributed by atoms with E-state index in [9.17, 15) is 0 Å². The van der Waals surface area contributed by atoms with Crippen molar-refractivity contribution in [1.82, 2.24) is 15.2 Å². The van der Waals surface area contributed by atoms with Gasteiger partial charge in [0, 0.05) is 31.5 Å². The smallest absolute Gasteiger partial charge is 0.0270 e. The van der Waals surface area contributed by atoms with E-state index >= 15 is 0 Å². The Hall–Kier alpha value is -0.930. The molecule has 1 fully saturated rings. The van der Waals surface area contributed by atoms with Crippen molar-refractivity contribution in [2.24, 2.45) is 0 Å². The molecule has 1 saturated carbocycles. The predicted molar refractivity (Wildman–Crippen MR) is 75.7 cm³/mol. The predicted octanol–water partition coefficient (Wildman–Crippen LogP) is 2.09. The van der Waals surface area contributed by atoms with Crippen LogP contribution < -0.4 is 5.32 Å². The van der Waals surface area contributed by atoms with Gasteiger partial charge < -0.3 is 10.2 Å². The lowest BCUT2D eigenvalue weighted by atomic mass is 10.2. The van der Waals surface area contributed by atoms with Crippen molar-refractivity contribution in [2.45, 2.75) is 38.1 Å². The molecule has 100 valence electrons. The first kappa shape index (κ1) is 13.5. The highest BCUT2D eigenvalue weighted by Gasteiger charge is 2.18. The first-order valence-corrected chi connectivity index (χ1v) is 7.16. The second kappa shape index (κ2) is 7.49. The third kappa shape index (κ3) is 4.39. The highest BCUT2D eigenvalue weighted by atomic mass is 15.1. The average molecular weight is 247 g/mol. The molecule has 0 saturated heterocycles. The zero-order valence-corrected chi connectivity index (χ0v) is 11.4. The maximum Gasteiger partial charge on any atom is 0.0270 e. The van der Waals surface area contributed by atoms with E-state index in [4.69, 9.17) is 0 Å². The molecule has 0 spiro atoms. The summed E-state index contributed by atoms with van der Waals surface area (Å²) in [6.07, 6.45) is 10.5. The van der Waals surface area contributed by atoms with Gasteiger partial charge in [0.05, 0.1) is 0 Å². The minimum Gasteiger partial charge on any atom is -0.315 e. The summed E-state index contributed by atoms with van der Waals surface area (Å²) in [4.78, 5) is 6.55. The zero-order chi connectivity index (χ0) is 12.6. The highest BCUT2D eigenvalue weighted by Crippen LogP contribution is 2.21. The Morgan fingerprint density at radius 1 is 1.22 bits per heavy atom. The number of hydrogen-bond donors (Lipinski definition) is 1. The van der Waals surface area contributed by atoms with Gasteiger partial charge in [0.25, 0.3) is 0 Å². The van der Waals surface area contributed by atoms with E-state index in [0.717, 1.165) is 25.6 Å². The fraction of sp³-hybridized carbons (Fsp3) is 0.667. The van der Waals surface area contributed by atoms with Crippen molar-refractivity contribution >= 4 is 0 Å². The molecular formula is C15H25N3. The monoisotopic (exact) mass is 247 g/mol. The first-order valence-electron chi connectivity index (χ1n) is 7.16. The molecule has 1 aliphatic rings. The van der Waals surface area contributed by atoms with Crippen LogP contribution in [0.25, 0.3) is 0 Å². The van der Waals surface area contributed by atoms with Crippen LogP contribution in [-0.2, 0) is 6.42 Å². The molecule has 0 aliphatic heterocycles. The highest BCUT2D eigenvalue weighted by molar-refractivity contribution is 5.09. The Bertz CT molecular complexity index is 320.